The molecule has 3 heteroatoms. The van der Waals surface area contributed by atoms with E-state index in [2.05, 4.69) is 0 Å². The van der Waals surface area contributed by atoms with E-state index in [1.807, 2.05) is 72.8 Å². The number of nitrogens with two attached hydrogens (primary N) is 1. The van der Waals surface area contributed by atoms with Crippen molar-refractivity contribution in [3.63, 3.8) is 0 Å². The van der Waals surface area contributed by atoms with Crippen LogP contribution in [0.15, 0.2) is 72.8 Å². The summed E-state index contributed by atoms with van der Waals surface area (Å²) in [7, 11) is 0. The van der Waals surface area contributed by atoms with E-state index in [-0.39, 0.29) is 5.91 Å². The number of amides is 1. The molecular formula is C20H16N2O. The van der Waals surface area contributed by atoms with Crippen molar-refractivity contribution in [3.05, 3.63) is 78.4 Å². The Labute approximate surface area is 135 Å². The molecular weight excluding hydrogens is 284 g/mol. The average Bonchev–Trinajstić information content (AvgIpc) is 2.91. The van der Waals surface area contributed by atoms with Crippen molar-refractivity contribution < 1.29 is 4.79 Å². The molecule has 0 unspecified atom stereocenters. The fourth-order valence-corrected chi connectivity index (χ4v) is 3.16. The third-order valence-corrected chi connectivity index (χ3v) is 4.22. The molecule has 1 heterocycles. The zero-order valence-corrected chi connectivity index (χ0v) is 12.6. The molecule has 3 aromatic carbocycles. The molecule has 3 aromatic rings. The normalized spacial score (nSPS) is 13.2. The van der Waals surface area contributed by atoms with Crippen molar-refractivity contribution in [3.8, 4) is 11.1 Å². The maximum atomic E-state index is 12.6. The van der Waals surface area contributed by atoms with Gasteiger partial charge in [-0.1, -0.05) is 54.6 Å². The third kappa shape index (κ3) is 2.18. The highest BCUT2D eigenvalue weighted by Gasteiger charge is 2.29. The summed E-state index contributed by atoms with van der Waals surface area (Å²) in [6, 6.07) is 23.6. The monoisotopic (exact) mass is 300 g/mol. The highest BCUT2D eigenvalue weighted by atomic mass is 16.2. The summed E-state index contributed by atoms with van der Waals surface area (Å²) in [6.45, 7) is 0. The molecule has 112 valence electrons. The summed E-state index contributed by atoms with van der Waals surface area (Å²) in [6.07, 6.45) is 0.439. The quantitative estimate of drug-likeness (QED) is 0.722. The lowest BCUT2D eigenvalue weighted by atomic mass is 10.0. The van der Waals surface area contributed by atoms with Crippen LogP contribution in [-0.2, 0) is 11.2 Å². The van der Waals surface area contributed by atoms with Crippen molar-refractivity contribution in [1.82, 2.24) is 0 Å². The first kappa shape index (κ1) is 13.6. The molecule has 0 atom stereocenters. The minimum atomic E-state index is 0.0909. The molecule has 4 rings (SSSR count). The number of nitrogens with zero attached hydrogens (tertiary/aromatic N) is 1. The second-order valence-electron chi connectivity index (χ2n) is 5.64. The highest BCUT2D eigenvalue weighted by Crippen LogP contribution is 2.41. The van der Waals surface area contributed by atoms with E-state index >= 15 is 0 Å². The molecule has 0 aliphatic carbocycles. The van der Waals surface area contributed by atoms with Crippen molar-refractivity contribution in [2.45, 2.75) is 6.42 Å². The highest BCUT2D eigenvalue weighted by molar-refractivity contribution is 6.10. The van der Waals surface area contributed by atoms with Gasteiger partial charge >= 0.3 is 0 Å². The molecule has 2 N–H and O–H groups in total. The van der Waals surface area contributed by atoms with Crippen molar-refractivity contribution in [2.24, 2.45) is 0 Å². The summed E-state index contributed by atoms with van der Waals surface area (Å²) in [5, 5.41) is 0. The molecule has 0 aromatic heterocycles. The van der Waals surface area contributed by atoms with Crippen LogP contribution in [0.25, 0.3) is 11.1 Å². The molecule has 1 aliphatic heterocycles. The van der Waals surface area contributed by atoms with E-state index in [0.717, 1.165) is 28.1 Å². The number of benzene rings is 3. The molecule has 0 fully saturated rings. The Hall–Kier alpha value is -3.07. The number of fused-ring (bicyclic) bond motifs is 1. The predicted molar refractivity (Wildman–Crippen MR) is 93.6 cm³/mol. The van der Waals surface area contributed by atoms with Gasteiger partial charge in [0.05, 0.1) is 17.8 Å². The van der Waals surface area contributed by atoms with Crippen LogP contribution >= 0.6 is 0 Å². The van der Waals surface area contributed by atoms with Crippen LogP contribution in [0.3, 0.4) is 0 Å². The van der Waals surface area contributed by atoms with E-state index in [4.69, 9.17) is 5.73 Å². The smallest absolute Gasteiger partial charge is 0.236 e. The minimum Gasteiger partial charge on any atom is -0.398 e. The minimum absolute atomic E-state index is 0.0909. The maximum Gasteiger partial charge on any atom is 0.236 e. The third-order valence-electron chi connectivity index (χ3n) is 4.22. The first-order valence-corrected chi connectivity index (χ1v) is 7.60. The van der Waals surface area contributed by atoms with E-state index in [0.29, 0.717) is 12.1 Å². The van der Waals surface area contributed by atoms with E-state index in [9.17, 15) is 4.79 Å². The molecule has 23 heavy (non-hydrogen) atoms. The molecule has 0 radical (unpaired) electrons. The number of para-hydroxylation sites is 3. The van der Waals surface area contributed by atoms with Gasteiger partial charge in [0.2, 0.25) is 5.91 Å². The molecule has 1 amide bonds. The number of anilines is 3. The van der Waals surface area contributed by atoms with Gasteiger partial charge in [-0.15, -0.1) is 0 Å². The Bertz CT molecular complexity index is 901. The molecule has 0 saturated heterocycles. The average molecular weight is 300 g/mol. The lowest BCUT2D eigenvalue weighted by Crippen LogP contribution is -2.21. The van der Waals surface area contributed by atoms with Crippen LogP contribution in [0.2, 0.25) is 0 Å². The lowest BCUT2D eigenvalue weighted by Gasteiger charge is -2.21. The summed E-state index contributed by atoms with van der Waals surface area (Å²) >= 11 is 0. The van der Waals surface area contributed by atoms with Crippen LogP contribution in [0.1, 0.15) is 5.56 Å². The molecule has 3 nitrogen and oxygen atoms in total. The number of nitrogen functional groups attached to an aromatic ring is 1. The van der Waals surface area contributed by atoms with Gasteiger partial charge in [0.1, 0.15) is 0 Å². The number of carbonyl (C=O) groups is 1. The van der Waals surface area contributed by atoms with Gasteiger partial charge in [-0.2, -0.15) is 0 Å². The Balaban J connectivity index is 1.92. The van der Waals surface area contributed by atoms with Crippen LogP contribution in [-0.4, -0.2) is 5.91 Å². The SMILES string of the molecule is Nc1ccccc1-c1ccccc1N1C(=O)Cc2ccccc21. The van der Waals surface area contributed by atoms with Crippen molar-refractivity contribution >= 4 is 23.0 Å². The molecule has 0 spiro atoms. The van der Waals surface area contributed by atoms with Gasteiger partial charge < -0.3 is 5.73 Å². The van der Waals surface area contributed by atoms with Gasteiger partial charge in [0.25, 0.3) is 0 Å². The van der Waals surface area contributed by atoms with Crippen molar-refractivity contribution in [2.75, 3.05) is 10.6 Å². The van der Waals surface area contributed by atoms with Crippen LogP contribution in [0.4, 0.5) is 17.1 Å². The second-order valence-corrected chi connectivity index (χ2v) is 5.64. The first-order valence-electron chi connectivity index (χ1n) is 7.60. The fraction of sp³-hybridized carbons (Fsp3) is 0.0500. The standard InChI is InChI=1S/C20H16N2O/c21-17-10-4-2-8-15(17)16-9-3-6-12-19(16)22-18-11-5-1-7-14(18)13-20(22)23/h1-12H,13,21H2. The molecule has 1 aliphatic rings. The maximum absolute atomic E-state index is 12.6. The summed E-state index contributed by atoms with van der Waals surface area (Å²) < 4.78 is 0. The number of carbonyl (C=O) groups excluding carboxylic acids is 1. The zero-order chi connectivity index (χ0) is 15.8. The summed E-state index contributed by atoms with van der Waals surface area (Å²) in [5.41, 5.74) is 11.7. The largest absolute Gasteiger partial charge is 0.398 e. The number of rotatable bonds is 2. The van der Waals surface area contributed by atoms with E-state index in [1.54, 1.807) is 4.90 Å². The zero-order valence-electron chi connectivity index (χ0n) is 12.6. The Morgan fingerprint density at radius 3 is 2.13 bits per heavy atom. The topological polar surface area (TPSA) is 46.3 Å². The second kappa shape index (κ2) is 5.29. The van der Waals surface area contributed by atoms with Gasteiger partial charge in [-0.25, -0.2) is 0 Å². The van der Waals surface area contributed by atoms with Crippen LogP contribution in [0, 0.1) is 0 Å². The van der Waals surface area contributed by atoms with Gasteiger partial charge in [-0.3, -0.25) is 9.69 Å². The van der Waals surface area contributed by atoms with Crippen LogP contribution < -0.4 is 10.6 Å². The van der Waals surface area contributed by atoms with Crippen molar-refractivity contribution in [1.29, 1.82) is 0 Å². The summed E-state index contributed by atoms with van der Waals surface area (Å²) in [4.78, 5) is 14.4. The van der Waals surface area contributed by atoms with E-state index < -0.39 is 0 Å². The Morgan fingerprint density at radius 2 is 1.35 bits per heavy atom. The van der Waals surface area contributed by atoms with Gasteiger partial charge in [-0.05, 0) is 23.8 Å². The molecule has 0 saturated carbocycles. The van der Waals surface area contributed by atoms with Gasteiger partial charge in [0, 0.05) is 16.8 Å². The van der Waals surface area contributed by atoms with Crippen LogP contribution in [0.5, 0.6) is 0 Å². The van der Waals surface area contributed by atoms with E-state index in [1.165, 1.54) is 0 Å². The van der Waals surface area contributed by atoms with Gasteiger partial charge in [0.15, 0.2) is 0 Å². The lowest BCUT2D eigenvalue weighted by molar-refractivity contribution is -0.116. The fourth-order valence-electron chi connectivity index (χ4n) is 3.16. The Kier molecular flexibility index (Phi) is 3.12. The number of hydrogen-bond acceptors (Lipinski definition) is 2. The first-order chi connectivity index (χ1) is 11.3. The predicted octanol–water partition coefficient (Wildman–Crippen LogP) is 4.16. The summed E-state index contributed by atoms with van der Waals surface area (Å²) in [5.74, 6) is 0.0909. The Morgan fingerprint density at radius 1 is 0.739 bits per heavy atom. The molecule has 0 bridgehead atoms. The number of hydrogen-bond donors (Lipinski definition) is 1.